The van der Waals surface area contributed by atoms with Crippen molar-refractivity contribution in [2.75, 3.05) is 13.6 Å². The van der Waals surface area contributed by atoms with Crippen LogP contribution < -0.4 is 5.32 Å². The van der Waals surface area contributed by atoms with Gasteiger partial charge in [-0.15, -0.1) is 0 Å². The second-order valence-electron chi connectivity index (χ2n) is 4.27. The number of hydrogen-bond acceptors (Lipinski definition) is 3. The molecule has 9 heteroatoms. The second-order valence-corrected chi connectivity index (χ2v) is 4.27. The van der Waals surface area contributed by atoms with E-state index in [2.05, 4.69) is 0 Å². The second kappa shape index (κ2) is 5.77. The summed E-state index contributed by atoms with van der Waals surface area (Å²) < 4.78 is 37.9. The van der Waals surface area contributed by atoms with Crippen LogP contribution >= 0.6 is 0 Å². The van der Waals surface area contributed by atoms with Crippen molar-refractivity contribution in [3.05, 3.63) is 0 Å². The summed E-state index contributed by atoms with van der Waals surface area (Å²) >= 11 is 0. The number of alkyl halides is 3. The fraction of sp³-hybridized carbons (Fsp3) is 0.700. The summed E-state index contributed by atoms with van der Waals surface area (Å²) in [5.74, 6) is -2.80. The van der Waals surface area contributed by atoms with Crippen molar-refractivity contribution in [1.82, 2.24) is 10.2 Å². The first kappa shape index (κ1) is 17.0. The Morgan fingerprint density at radius 3 is 2.26 bits per heavy atom. The minimum absolute atomic E-state index is 0.115. The predicted molar refractivity (Wildman–Crippen MR) is 58.0 cm³/mol. The van der Waals surface area contributed by atoms with Gasteiger partial charge < -0.3 is 15.3 Å². The fourth-order valence-corrected chi connectivity index (χ4v) is 1.09. The maximum Gasteiger partial charge on any atom is 0.422 e. The lowest BCUT2D eigenvalue weighted by Crippen LogP contribution is -2.63. The van der Waals surface area contributed by atoms with E-state index in [1.807, 2.05) is 0 Å². The Bertz CT molecular complexity index is 405. The summed E-state index contributed by atoms with van der Waals surface area (Å²) in [5.41, 5.74) is -3.38. The zero-order valence-corrected chi connectivity index (χ0v) is 10.6. The van der Waals surface area contributed by atoms with E-state index in [4.69, 9.17) is 10.4 Å². The van der Waals surface area contributed by atoms with Gasteiger partial charge in [-0.05, 0) is 13.8 Å². The van der Waals surface area contributed by atoms with Gasteiger partial charge in [0.1, 0.15) is 0 Å². The smallest absolute Gasteiger partial charge is 0.422 e. The standard InChI is InChI=1S/C10H14F3N3O3/c1-6(4-14)5-16(3)8(19)15-9(2,7(17)18)10(11,12)13/h6H,5H2,1-3H3,(H,15,19)(H,17,18). The number of aliphatic carboxylic acids is 1. The zero-order valence-electron chi connectivity index (χ0n) is 10.6. The van der Waals surface area contributed by atoms with E-state index in [1.54, 1.807) is 6.07 Å². The number of nitrogens with one attached hydrogen (secondary N) is 1. The Hall–Kier alpha value is -1.98. The Kier molecular flexibility index (Phi) is 5.17. The van der Waals surface area contributed by atoms with Gasteiger partial charge >= 0.3 is 18.2 Å². The molecule has 0 saturated carbocycles. The van der Waals surface area contributed by atoms with Crippen LogP contribution in [0.5, 0.6) is 0 Å². The number of carboxylic acids is 1. The quantitative estimate of drug-likeness (QED) is 0.809. The number of carbonyl (C=O) groups excluding carboxylic acids is 1. The monoisotopic (exact) mass is 281 g/mol. The number of hydrogen-bond donors (Lipinski definition) is 2. The number of urea groups is 1. The summed E-state index contributed by atoms with van der Waals surface area (Å²) in [7, 11) is 1.17. The molecule has 0 aromatic carbocycles. The molecule has 0 heterocycles. The van der Waals surface area contributed by atoms with Crippen molar-refractivity contribution in [3.8, 4) is 6.07 Å². The highest BCUT2D eigenvalue weighted by molar-refractivity contribution is 5.86. The van der Waals surface area contributed by atoms with Crippen LogP contribution in [0.25, 0.3) is 0 Å². The number of nitrogens with zero attached hydrogens (tertiary/aromatic N) is 2. The van der Waals surface area contributed by atoms with Crippen LogP contribution in [0.1, 0.15) is 13.8 Å². The Morgan fingerprint density at radius 1 is 1.47 bits per heavy atom. The molecule has 0 aliphatic carbocycles. The van der Waals surface area contributed by atoms with Gasteiger partial charge in [0.15, 0.2) is 0 Å². The fourth-order valence-electron chi connectivity index (χ4n) is 1.09. The van der Waals surface area contributed by atoms with Crippen LogP contribution in [0.4, 0.5) is 18.0 Å². The van der Waals surface area contributed by atoms with Crippen LogP contribution in [-0.2, 0) is 4.79 Å². The molecule has 108 valence electrons. The van der Waals surface area contributed by atoms with Gasteiger partial charge in [0.2, 0.25) is 5.54 Å². The Labute approximate surface area is 107 Å². The van der Waals surface area contributed by atoms with Gasteiger partial charge in [-0.3, -0.25) is 0 Å². The molecule has 2 amide bonds. The Balaban J connectivity index is 4.96. The molecule has 2 N–H and O–H groups in total. The SMILES string of the molecule is CC(C#N)CN(C)C(=O)NC(C)(C(=O)O)C(F)(F)F. The van der Waals surface area contributed by atoms with Crippen molar-refractivity contribution >= 4 is 12.0 Å². The van der Waals surface area contributed by atoms with Crippen molar-refractivity contribution in [2.45, 2.75) is 25.6 Å². The molecule has 0 spiro atoms. The highest BCUT2D eigenvalue weighted by Gasteiger charge is 2.58. The molecule has 0 aliphatic rings. The number of carboxylic acid groups (broad SMARTS) is 1. The zero-order chi connectivity index (χ0) is 15.4. The highest BCUT2D eigenvalue weighted by atomic mass is 19.4. The van der Waals surface area contributed by atoms with E-state index < -0.39 is 29.6 Å². The summed E-state index contributed by atoms with van der Waals surface area (Å²) in [6, 6.07) is 0.588. The molecule has 2 unspecified atom stereocenters. The van der Waals surface area contributed by atoms with Crippen LogP contribution in [0.15, 0.2) is 0 Å². The van der Waals surface area contributed by atoms with Crippen LogP contribution in [-0.4, -0.2) is 47.3 Å². The first-order valence-electron chi connectivity index (χ1n) is 5.18. The van der Waals surface area contributed by atoms with Crippen LogP contribution in [0.2, 0.25) is 0 Å². The predicted octanol–water partition coefficient (Wildman–Crippen LogP) is 1.19. The van der Waals surface area contributed by atoms with Gasteiger partial charge in [-0.1, -0.05) is 0 Å². The van der Waals surface area contributed by atoms with Gasteiger partial charge in [-0.2, -0.15) is 18.4 Å². The number of amides is 2. The van der Waals surface area contributed by atoms with E-state index in [0.29, 0.717) is 6.92 Å². The maximum absolute atomic E-state index is 12.6. The minimum Gasteiger partial charge on any atom is -0.479 e. The van der Waals surface area contributed by atoms with E-state index in [1.165, 1.54) is 19.3 Å². The number of halogens is 3. The van der Waals surface area contributed by atoms with Gasteiger partial charge in [0.05, 0.1) is 12.0 Å². The summed E-state index contributed by atoms with van der Waals surface area (Å²) in [6.45, 7) is 1.72. The van der Waals surface area contributed by atoms with Crippen molar-refractivity contribution in [3.63, 3.8) is 0 Å². The molecule has 6 nitrogen and oxygen atoms in total. The van der Waals surface area contributed by atoms with Crippen molar-refractivity contribution in [2.24, 2.45) is 5.92 Å². The first-order valence-corrected chi connectivity index (χ1v) is 5.18. The average Bonchev–Trinajstić information content (AvgIpc) is 2.26. The number of rotatable bonds is 4. The average molecular weight is 281 g/mol. The highest BCUT2D eigenvalue weighted by Crippen LogP contribution is 2.30. The van der Waals surface area contributed by atoms with E-state index in [9.17, 15) is 22.8 Å². The largest absolute Gasteiger partial charge is 0.479 e. The molecule has 0 fully saturated rings. The molecule has 0 aromatic rings. The van der Waals surface area contributed by atoms with Gasteiger partial charge in [0, 0.05) is 13.6 Å². The topological polar surface area (TPSA) is 93.4 Å². The van der Waals surface area contributed by atoms with Crippen molar-refractivity contribution < 1.29 is 27.9 Å². The van der Waals surface area contributed by atoms with E-state index in [-0.39, 0.29) is 6.54 Å². The molecule has 0 aromatic heterocycles. The Morgan fingerprint density at radius 2 is 1.95 bits per heavy atom. The molecule has 0 aliphatic heterocycles. The third-order valence-electron chi connectivity index (χ3n) is 2.47. The molecule has 2 atom stereocenters. The van der Waals surface area contributed by atoms with Gasteiger partial charge in [-0.25, -0.2) is 9.59 Å². The molecule has 19 heavy (non-hydrogen) atoms. The van der Waals surface area contributed by atoms with E-state index >= 15 is 0 Å². The van der Waals surface area contributed by atoms with Crippen molar-refractivity contribution in [1.29, 1.82) is 5.26 Å². The summed E-state index contributed by atoms with van der Waals surface area (Å²) in [6.07, 6.45) is -5.14. The molecular weight excluding hydrogens is 267 g/mol. The lowest BCUT2D eigenvalue weighted by molar-refractivity contribution is -0.203. The lowest BCUT2D eigenvalue weighted by Gasteiger charge is -2.31. The van der Waals surface area contributed by atoms with Crippen LogP contribution in [0.3, 0.4) is 0 Å². The molecular formula is C10H14F3N3O3. The summed E-state index contributed by atoms with van der Waals surface area (Å²) in [5, 5.41) is 18.6. The normalized spacial score (nSPS) is 15.8. The number of nitriles is 1. The summed E-state index contributed by atoms with van der Waals surface area (Å²) in [4.78, 5) is 23.0. The van der Waals surface area contributed by atoms with Gasteiger partial charge in [0.25, 0.3) is 0 Å². The first-order chi connectivity index (χ1) is 8.45. The molecule has 0 rings (SSSR count). The number of carbonyl (C=O) groups is 2. The molecule has 0 bridgehead atoms. The van der Waals surface area contributed by atoms with Crippen LogP contribution in [0, 0.1) is 17.2 Å². The minimum atomic E-state index is -5.14. The molecule has 0 radical (unpaired) electrons. The lowest BCUT2D eigenvalue weighted by atomic mass is 10.0. The third-order valence-corrected chi connectivity index (χ3v) is 2.47. The maximum atomic E-state index is 12.6. The molecule has 0 saturated heterocycles. The third kappa shape index (κ3) is 4.01. The van der Waals surface area contributed by atoms with E-state index in [0.717, 1.165) is 4.90 Å².